The maximum atomic E-state index is 6.56. The Hall–Kier alpha value is 1.09. The molecule has 0 heterocycles. The standard InChI is InChI=1S/C26H62O12S2Si4/c1-11-27-41(28-12-2)25(37-43(31-15-5,32-16-6)33-17-7)21-23-39-40-24-22-26(42(29-13-3)30-14-4)38-44(34-18-8,35-19-9)36-20-10/h25-26,41-42H,11-24H2,1-10H3. The molecule has 0 amide bonds. The predicted octanol–water partition coefficient (Wildman–Crippen LogP) is 4.67. The smallest absolute Gasteiger partial charge is 0.395 e. The third kappa shape index (κ3) is 18.6. The molecule has 18 heteroatoms. The Kier molecular flexibility index (Phi) is 29.8. The van der Waals surface area contributed by atoms with E-state index >= 15 is 0 Å². The molecule has 0 radical (unpaired) electrons. The van der Waals surface area contributed by atoms with Crippen molar-refractivity contribution in [3.8, 4) is 0 Å². The zero-order chi connectivity index (χ0) is 33.1. The fourth-order valence-corrected chi connectivity index (χ4v) is 15.8. The molecule has 0 fully saturated rings. The molecule has 44 heavy (non-hydrogen) atoms. The number of hydrogen-bond acceptors (Lipinski definition) is 14. The summed E-state index contributed by atoms with van der Waals surface area (Å²) in [5.41, 5.74) is -0.587. The van der Waals surface area contributed by atoms with E-state index in [0.717, 1.165) is 11.5 Å². The summed E-state index contributed by atoms with van der Waals surface area (Å²) in [5, 5.41) is 0. The van der Waals surface area contributed by atoms with Crippen LogP contribution in [0.2, 0.25) is 0 Å². The Morgan fingerprint density at radius 3 is 0.864 bits per heavy atom. The van der Waals surface area contributed by atoms with Gasteiger partial charge in [-0.3, -0.25) is 0 Å². The molecule has 0 aromatic heterocycles. The Balaban J connectivity index is 5.58. The molecule has 0 aromatic carbocycles. The van der Waals surface area contributed by atoms with Crippen LogP contribution in [0.25, 0.3) is 0 Å². The molecule has 0 saturated heterocycles. The molecule has 0 saturated carbocycles. The minimum atomic E-state index is -3.35. The lowest BCUT2D eigenvalue weighted by Crippen LogP contribution is -2.55. The third-order valence-electron chi connectivity index (χ3n) is 5.50. The van der Waals surface area contributed by atoms with Crippen molar-refractivity contribution in [1.29, 1.82) is 0 Å². The molecule has 0 N–H and O–H groups in total. The molecule has 2 unspecified atom stereocenters. The first kappa shape index (κ1) is 45.1. The van der Waals surface area contributed by atoms with Crippen molar-refractivity contribution in [2.75, 3.05) is 77.6 Å². The van der Waals surface area contributed by atoms with Crippen molar-refractivity contribution in [3.63, 3.8) is 0 Å². The quantitative estimate of drug-likeness (QED) is 0.0528. The van der Waals surface area contributed by atoms with Crippen LogP contribution in [-0.2, 0) is 53.1 Å². The van der Waals surface area contributed by atoms with Gasteiger partial charge in [-0.25, -0.2) is 0 Å². The van der Waals surface area contributed by atoms with Gasteiger partial charge in [0.15, 0.2) is 0 Å². The van der Waals surface area contributed by atoms with Gasteiger partial charge < -0.3 is 53.1 Å². The van der Waals surface area contributed by atoms with Crippen molar-refractivity contribution >= 4 is 58.3 Å². The van der Waals surface area contributed by atoms with Gasteiger partial charge in [0.05, 0.1) is 11.5 Å². The van der Waals surface area contributed by atoms with Crippen LogP contribution in [0.15, 0.2) is 0 Å². The highest BCUT2D eigenvalue weighted by Gasteiger charge is 2.50. The largest absolute Gasteiger partial charge is 0.679 e. The molecule has 0 aliphatic rings. The fraction of sp³-hybridized carbons (Fsp3) is 1.00. The van der Waals surface area contributed by atoms with Crippen LogP contribution in [0.1, 0.15) is 82.1 Å². The Morgan fingerprint density at radius 1 is 0.409 bits per heavy atom. The first-order chi connectivity index (χ1) is 21.3. The lowest BCUT2D eigenvalue weighted by atomic mass is 10.5. The van der Waals surface area contributed by atoms with E-state index in [1.807, 2.05) is 69.2 Å². The molecule has 0 aromatic rings. The molecule has 0 rings (SSSR count). The van der Waals surface area contributed by atoms with Crippen LogP contribution >= 0.6 is 21.6 Å². The summed E-state index contributed by atoms with van der Waals surface area (Å²) >= 11 is 0. The van der Waals surface area contributed by atoms with Gasteiger partial charge in [-0.15, -0.1) is 0 Å². The molecule has 0 aliphatic heterocycles. The summed E-state index contributed by atoms with van der Waals surface area (Å²) in [4.78, 5) is 0. The normalized spacial score (nSPS) is 14.2. The molecule has 0 aliphatic carbocycles. The van der Waals surface area contributed by atoms with E-state index in [2.05, 4.69) is 0 Å². The van der Waals surface area contributed by atoms with E-state index in [9.17, 15) is 0 Å². The molecule has 266 valence electrons. The van der Waals surface area contributed by atoms with Crippen molar-refractivity contribution < 1.29 is 53.1 Å². The highest BCUT2D eigenvalue weighted by Crippen LogP contribution is 2.28. The summed E-state index contributed by atoms with van der Waals surface area (Å²) in [5.74, 6) is 1.62. The Morgan fingerprint density at radius 2 is 0.659 bits per heavy atom. The highest BCUT2D eigenvalue weighted by atomic mass is 33.1. The monoisotopic (exact) mass is 742 g/mol. The van der Waals surface area contributed by atoms with Gasteiger partial charge in [0.1, 0.15) is 0 Å². The van der Waals surface area contributed by atoms with Crippen LogP contribution in [0.3, 0.4) is 0 Å². The number of rotatable bonds is 33. The van der Waals surface area contributed by atoms with Gasteiger partial charge in [0.25, 0.3) is 0 Å². The van der Waals surface area contributed by atoms with E-state index in [1.54, 1.807) is 21.6 Å². The predicted molar refractivity (Wildman–Crippen MR) is 186 cm³/mol. The Bertz CT molecular complexity index is 556. The first-order valence-corrected chi connectivity index (χ1v) is 25.2. The average Bonchev–Trinajstić information content (AvgIpc) is 2.98. The zero-order valence-corrected chi connectivity index (χ0v) is 34.9. The highest BCUT2D eigenvalue weighted by molar-refractivity contribution is 8.76. The molecular weight excluding hydrogens is 681 g/mol. The molecule has 2 atom stereocenters. The van der Waals surface area contributed by atoms with Crippen molar-refractivity contribution in [3.05, 3.63) is 0 Å². The van der Waals surface area contributed by atoms with Gasteiger partial charge in [-0.05, 0) is 82.1 Å². The topological polar surface area (TPSA) is 111 Å². The van der Waals surface area contributed by atoms with Crippen LogP contribution < -0.4 is 0 Å². The van der Waals surface area contributed by atoms with Crippen molar-refractivity contribution in [2.24, 2.45) is 0 Å². The van der Waals surface area contributed by atoms with E-state index in [1.165, 1.54) is 0 Å². The molecule has 12 nitrogen and oxygen atoms in total. The van der Waals surface area contributed by atoms with E-state index < -0.39 is 36.7 Å². The van der Waals surface area contributed by atoms with Crippen LogP contribution in [0, 0.1) is 0 Å². The second-order valence-electron chi connectivity index (χ2n) is 8.69. The van der Waals surface area contributed by atoms with E-state index in [-0.39, 0.29) is 11.5 Å². The number of hydrogen-bond donors (Lipinski definition) is 0. The summed E-state index contributed by atoms with van der Waals surface area (Å²) in [6, 6.07) is 0. The molecule has 0 bridgehead atoms. The van der Waals surface area contributed by atoms with Gasteiger partial charge in [0, 0.05) is 77.6 Å². The van der Waals surface area contributed by atoms with Crippen LogP contribution in [-0.4, -0.2) is 126 Å². The molecule has 0 spiro atoms. The summed E-state index contributed by atoms with van der Waals surface area (Å²) in [6.45, 7) is 24.1. The second-order valence-corrected chi connectivity index (χ2v) is 19.9. The van der Waals surface area contributed by atoms with Crippen molar-refractivity contribution in [2.45, 2.75) is 93.5 Å². The SMILES string of the molecule is CCO[SiH](OCC)C(CCSSCCC(O[Si](OCC)(OCC)OCC)[SiH](OCC)OCC)O[Si](OCC)(OCC)OCC. The minimum Gasteiger partial charge on any atom is -0.395 e. The van der Waals surface area contributed by atoms with Crippen LogP contribution in [0.5, 0.6) is 0 Å². The third-order valence-corrected chi connectivity index (χ3v) is 18.4. The zero-order valence-electron chi connectivity index (χ0n) is 28.9. The molecular formula is C26H62O12S2Si4. The van der Waals surface area contributed by atoms with E-state index in [4.69, 9.17) is 53.1 Å². The lowest BCUT2D eigenvalue weighted by Gasteiger charge is -2.33. The van der Waals surface area contributed by atoms with Gasteiger partial charge in [0.2, 0.25) is 0 Å². The minimum absolute atomic E-state index is 0.293. The van der Waals surface area contributed by atoms with Crippen molar-refractivity contribution in [1.82, 2.24) is 0 Å². The van der Waals surface area contributed by atoms with Crippen LogP contribution in [0.4, 0.5) is 0 Å². The fourth-order valence-electron chi connectivity index (χ4n) is 4.02. The summed E-state index contributed by atoms with van der Waals surface area (Å²) in [6.07, 6.45) is 1.42. The summed E-state index contributed by atoms with van der Waals surface area (Å²) in [7, 11) is -7.59. The Labute approximate surface area is 281 Å². The first-order valence-electron chi connectivity index (χ1n) is 16.2. The van der Waals surface area contributed by atoms with Gasteiger partial charge in [-0.1, -0.05) is 21.6 Å². The lowest BCUT2D eigenvalue weighted by molar-refractivity contribution is -0.0442. The van der Waals surface area contributed by atoms with Gasteiger partial charge >= 0.3 is 36.7 Å². The average molecular weight is 743 g/mol. The summed E-state index contributed by atoms with van der Waals surface area (Å²) < 4.78 is 73.3. The van der Waals surface area contributed by atoms with E-state index in [0.29, 0.717) is 78.9 Å². The maximum absolute atomic E-state index is 6.56. The second kappa shape index (κ2) is 29.0. The van der Waals surface area contributed by atoms with Gasteiger partial charge in [-0.2, -0.15) is 0 Å². The maximum Gasteiger partial charge on any atom is 0.679 e.